The van der Waals surface area contributed by atoms with E-state index in [2.05, 4.69) is 18.4 Å². The van der Waals surface area contributed by atoms with Gasteiger partial charge in [0.25, 0.3) is 0 Å². The van der Waals surface area contributed by atoms with Crippen molar-refractivity contribution in [2.75, 3.05) is 6.61 Å². The first-order valence-corrected chi connectivity index (χ1v) is 12.8. The van der Waals surface area contributed by atoms with E-state index in [4.69, 9.17) is 27.9 Å². The van der Waals surface area contributed by atoms with Crippen LogP contribution in [0.1, 0.15) is 59.0 Å². The first-order chi connectivity index (χ1) is 17.4. The van der Waals surface area contributed by atoms with E-state index in [0.29, 0.717) is 27.2 Å². The van der Waals surface area contributed by atoms with E-state index in [-0.39, 0.29) is 11.4 Å². The molecule has 2 heterocycles. The Labute approximate surface area is 228 Å². The summed E-state index contributed by atoms with van der Waals surface area (Å²) in [6, 6.07) is 10.8. The standard InChI is InChI=1S/C29H31Cl2N3O3/c1-17(2)9-10-33-18(3)11-22(20(33)5)13-23(15-32)29(36)37-16-28(35)25-12-19(4)34(21(25)6)24-7-8-26(30)27(31)14-24/h7-8,11-14,17H,9-10,16H2,1-6H3. The third kappa shape index (κ3) is 6.36. The zero-order valence-electron chi connectivity index (χ0n) is 22.0. The van der Waals surface area contributed by atoms with Gasteiger partial charge in [-0.1, -0.05) is 37.0 Å². The molecular formula is C29H31Cl2N3O3. The minimum atomic E-state index is -0.832. The second kappa shape index (κ2) is 11.9. The fraction of sp³-hybridized carbons (Fsp3) is 0.345. The smallest absolute Gasteiger partial charge is 0.349 e. The summed E-state index contributed by atoms with van der Waals surface area (Å²) < 4.78 is 9.31. The number of hydrogen-bond acceptors (Lipinski definition) is 4. The van der Waals surface area contributed by atoms with Gasteiger partial charge in [0.05, 0.1) is 10.0 Å². The number of carbonyl (C=O) groups excluding carboxylic acids is 2. The average molecular weight is 540 g/mol. The third-order valence-corrected chi connectivity index (χ3v) is 7.15. The molecule has 194 valence electrons. The Hall–Kier alpha value is -3.27. The number of benzene rings is 1. The van der Waals surface area contributed by atoms with Gasteiger partial charge in [0.1, 0.15) is 11.6 Å². The van der Waals surface area contributed by atoms with Crippen molar-refractivity contribution < 1.29 is 14.3 Å². The molecule has 0 amide bonds. The molecule has 0 aliphatic heterocycles. The maximum Gasteiger partial charge on any atom is 0.349 e. The van der Waals surface area contributed by atoms with Crippen LogP contribution in [0.15, 0.2) is 35.9 Å². The number of aromatic nitrogens is 2. The molecule has 0 spiro atoms. The topological polar surface area (TPSA) is 77.0 Å². The van der Waals surface area contributed by atoms with Crippen molar-refractivity contribution in [3.05, 3.63) is 79.9 Å². The van der Waals surface area contributed by atoms with Crippen LogP contribution in [0.2, 0.25) is 10.0 Å². The van der Waals surface area contributed by atoms with E-state index in [1.54, 1.807) is 25.1 Å². The summed E-state index contributed by atoms with van der Waals surface area (Å²) >= 11 is 12.2. The molecule has 0 aliphatic carbocycles. The van der Waals surface area contributed by atoms with Crippen LogP contribution >= 0.6 is 23.2 Å². The minimum absolute atomic E-state index is 0.154. The van der Waals surface area contributed by atoms with E-state index < -0.39 is 12.6 Å². The van der Waals surface area contributed by atoms with Crippen LogP contribution in [0.5, 0.6) is 0 Å². The van der Waals surface area contributed by atoms with Gasteiger partial charge >= 0.3 is 5.97 Å². The molecule has 1 aromatic carbocycles. The maximum atomic E-state index is 12.9. The van der Waals surface area contributed by atoms with Crippen molar-refractivity contribution >= 4 is 41.0 Å². The van der Waals surface area contributed by atoms with Crippen molar-refractivity contribution in [1.29, 1.82) is 5.26 Å². The fourth-order valence-electron chi connectivity index (χ4n) is 4.35. The lowest BCUT2D eigenvalue weighted by Gasteiger charge is -2.11. The molecule has 0 bridgehead atoms. The van der Waals surface area contributed by atoms with Crippen molar-refractivity contribution in [3.8, 4) is 11.8 Å². The highest BCUT2D eigenvalue weighted by molar-refractivity contribution is 6.42. The first-order valence-electron chi connectivity index (χ1n) is 12.1. The molecule has 0 radical (unpaired) electrons. The molecule has 0 saturated heterocycles. The van der Waals surface area contributed by atoms with Crippen molar-refractivity contribution in [2.24, 2.45) is 5.92 Å². The number of ether oxygens (including phenoxy) is 1. The van der Waals surface area contributed by atoms with Gasteiger partial charge in [0.2, 0.25) is 5.78 Å². The van der Waals surface area contributed by atoms with Crippen LogP contribution in [0, 0.1) is 44.9 Å². The summed E-state index contributed by atoms with van der Waals surface area (Å²) in [6.45, 7) is 12.4. The van der Waals surface area contributed by atoms with Gasteiger partial charge in [-0.05, 0) is 82.0 Å². The molecule has 3 aromatic rings. The summed E-state index contributed by atoms with van der Waals surface area (Å²) in [5, 5.41) is 10.4. The number of nitrogens with zero attached hydrogens (tertiary/aromatic N) is 3. The average Bonchev–Trinajstić information content (AvgIpc) is 3.29. The van der Waals surface area contributed by atoms with Crippen molar-refractivity contribution in [3.63, 3.8) is 0 Å². The largest absolute Gasteiger partial charge is 0.453 e. The second-order valence-electron chi connectivity index (χ2n) is 9.55. The van der Waals surface area contributed by atoms with E-state index in [9.17, 15) is 14.9 Å². The second-order valence-corrected chi connectivity index (χ2v) is 10.4. The van der Waals surface area contributed by atoms with Crippen LogP contribution in [-0.2, 0) is 16.1 Å². The number of aryl methyl sites for hydroxylation is 2. The Morgan fingerprint density at radius 3 is 2.35 bits per heavy atom. The molecule has 2 aromatic heterocycles. The Morgan fingerprint density at radius 1 is 1.03 bits per heavy atom. The molecule has 0 unspecified atom stereocenters. The summed E-state index contributed by atoms with van der Waals surface area (Å²) in [6.07, 6.45) is 2.55. The lowest BCUT2D eigenvalue weighted by atomic mass is 10.1. The SMILES string of the molecule is Cc1cc(C=C(C#N)C(=O)OCC(=O)c2cc(C)n(-c3ccc(Cl)c(Cl)c3)c2C)c(C)n1CCC(C)C. The summed E-state index contributed by atoms with van der Waals surface area (Å²) in [5.41, 5.74) is 5.35. The fourth-order valence-corrected chi connectivity index (χ4v) is 4.64. The Kier molecular flexibility index (Phi) is 9.07. The van der Waals surface area contributed by atoms with E-state index in [1.165, 1.54) is 6.08 Å². The Morgan fingerprint density at radius 2 is 1.73 bits per heavy atom. The molecule has 0 atom stereocenters. The molecule has 0 saturated carbocycles. The molecule has 37 heavy (non-hydrogen) atoms. The number of Topliss-reactive ketones (excluding diaryl/α,β-unsaturated/α-hetero) is 1. The third-order valence-electron chi connectivity index (χ3n) is 6.41. The van der Waals surface area contributed by atoms with E-state index in [1.807, 2.05) is 43.5 Å². The normalized spacial score (nSPS) is 11.6. The quantitative estimate of drug-likeness (QED) is 0.125. The summed E-state index contributed by atoms with van der Waals surface area (Å²) in [7, 11) is 0. The highest BCUT2D eigenvalue weighted by atomic mass is 35.5. The number of carbonyl (C=O) groups is 2. The van der Waals surface area contributed by atoms with Gasteiger partial charge in [-0.25, -0.2) is 4.79 Å². The van der Waals surface area contributed by atoms with E-state index in [0.717, 1.165) is 41.3 Å². The predicted molar refractivity (Wildman–Crippen MR) is 148 cm³/mol. The molecular weight excluding hydrogens is 509 g/mol. The maximum absolute atomic E-state index is 12.9. The summed E-state index contributed by atoms with van der Waals surface area (Å²) in [4.78, 5) is 25.6. The molecule has 3 rings (SSSR count). The number of hydrogen-bond donors (Lipinski definition) is 0. The molecule has 8 heteroatoms. The Balaban J connectivity index is 1.75. The Bertz CT molecular complexity index is 1420. The van der Waals surface area contributed by atoms with Crippen molar-refractivity contribution in [1.82, 2.24) is 9.13 Å². The van der Waals surface area contributed by atoms with Gasteiger partial charge < -0.3 is 13.9 Å². The van der Waals surface area contributed by atoms with Gasteiger partial charge in [0.15, 0.2) is 6.61 Å². The van der Waals surface area contributed by atoms with Crippen LogP contribution in [0.4, 0.5) is 0 Å². The van der Waals surface area contributed by atoms with Crippen molar-refractivity contribution in [2.45, 2.75) is 54.5 Å². The van der Waals surface area contributed by atoms with Gasteiger partial charge in [0, 0.05) is 40.6 Å². The van der Waals surface area contributed by atoms with Gasteiger partial charge in [-0.3, -0.25) is 4.79 Å². The number of nitriles is 1. The molecule has 0 N–H and O–H groups in total. The van der Waals surface area contributed by atoms with Crippen LogP contribution in [0.3, 0.4) is 0 Å². The zero-order valence-corrected chi connectivity index (χ0v) is 23.5. The van der Waals surface area contributed by atoms with E-state index >= 15 is 0 Å². The number of esters is 1. The lowest BCUT2D eigenvalue weighted by Crippen LogP contribution is -2.16. The predicted octanol–water partition coefficient (Wildman–Crippen LogP) is 7.20. The number of halogens is 2. The number of rotatable bonds is 9. The minimum Gasteiger partial charge on any atom is -0.453 e. The van der Waals surface area contributed by atoms with Gasteiger partial charge in [-0.2, -0.15) is 5.26 Å². The monoisotopic (exact) mass is 539 g/mol. The van der Waals surface area contributed by atoms with Gasteiger partial charge in [-0.15, -0.1) is 0 Å². The lowest BCUT2D eigenvalue weighted by molar-refractivity contribution is -0.137. The highest BCUT2D eigenvalue weighted by Crippen LogP contribution is 2.28. The zero-order chi connectivity index (χ0) is 27.4. The molecule has 0 fully saturated rings. The first kappa shape index (κ1) is 28.3. The molecule has 0 aliphatic rings. The molecule has 6 nitrogen and oxygen atoms in total. The number of ketones is 1. The van der Waals surface area contributed by atoms with Crippen LogP contribution in [-0.4, -0.2) is 27.5 Å². The van der Waals surface area contributed by atoms with Crippen LogP contribution in [0.25, 0.3) is 11.8 Å². The summed E-state index contributed by atoms with van der Waals surface area (Å²) in [5.74, 6) is -0.631. The highest BCUT2D eigenvalue weighted by Gasteiger charge is 2.20. The van der Waals surface area contributed by atoms with Crippen LogP contribution < -0.4 is 0 Å².